The van der Waals surface area contributed by atoms with E-state index < -0.39 is 0 Å². The lowest BCUT2D eigenvalue weighted by molar-refractivity contribution is -0.137. The van der Waals surface area contributed by atoms with E-state index in [2.05, 4.69) is 25.7 Å². The van der Waals surface area contributed by atoms with Gasteiger partial charge in [0.15, 0.2) is 0 Å². The molecular formula is C16H30N2O2. The van der Waals surface area contributed by atoms with Gasteiger partial charge in [0, 0.05) is 25.6 Å². The molecule has 4 heteroatoms. The Kier molecular flexibility index (Phi) is 5.44. The van der Waals surface area contributed by atoms with Crippen molar-refractivity contribution in [3.63, 3.8) is 0 Å². The van der Waals surface area contributed by atoms with E-state index in [4.69, 9.17) is 4.74 Å². The standard InChI is InChI=1S/C16H30N2O2/c1-12(2)17(4)16(19)14-7-9-18(10-8-14)11-15-6-5-13(3)20-15/h12-15H,5-11H2,1-4H3/t13-,15-/m1/s1. The highest BCUT2D eigenvalue weighted by atomic mass is 16.5. The Morgan fingerprint density at radius 2 is 1.90 bits per heavy atom. The van der Waals surface area contributed by atoms with E-state index in [9.17, 15) is 4.79 Å². The molecule has 2 atom stereocenters. The number of likely N-dealkylation sites (tertiary alicyclic amines) is 1. The van der Waals surface area contributed by atoms with E-state index in [1.807, 2.05) is 11.9 Å². The molecule has 116 valence electrons. The summed E-state index contributed by atoms with van der Waals surface area (Å²) in [7, 11) is 1.92. The molecule has 0 unspecified atom stereocenters. The maximum absolute atomic E-state index is 12.3. The van der Waals surface area contributed by atoms with Crippen molar-refractivity contribution in [1.82, 2.24) is 9.80 Å². The van der Waals surface area contributed by atoms with Crippen LogP contribution in [0.3, 0.4) is 0 Å². The van der Waals surface area contributed by atoms with Crippen molar-refractivity contribution >= 4 is 5.91 Å². The van der Waals surface area contributed by atoms with Crippen LogP contribution in [-0.4, -0.2) is 60.6 Å². The van der Waals surface area contributed by atoms with Gasteiger partial charge in [-0.3, -0.25) is 4.79 Å². The van der Waals surface area contributed by atoms with Crippen LogP contribution in [0, 0.1) is 5.92 Å². The fourth-order valence-electron chi connectivity index (χ4n) is 3.21. The predicted molar refractivity (Wildman–Crippen MR) is 80.6 cm³/mol. The SMILES string of the molecule is CC(C)N(C)C(=O)C1CCN(C[C@H]2CC[C@@H](C)O2)CC1. The summed E-state index contributed by atoms with van der Waals surface area (Å²) < 4.78 is 5.89. The molecule has 0 aromatic heterocycles. The minimum atomic E-state index is 0.224. The first-order valence-corrected chi connectivity index (χ1v) is 8.12. The van der Waals surface area contributed by atoms with E-state index in [1.165, 1.54) is 12.8 Å². The number of carbonyl (C=O) groups excluding carboxylic acids is 1. The largest absolute Gasteiger partial charge is 0.374 e. The van der Waals surface area contributed by atoms with Crippen molar-refractivity contribution < 1.29 is 9.53 Å². The molecule has 0 spiro atoms. The second kappa shape index (κ2) is 6.90. The van der Waals surface area contributed by atoms with Gasteiger partial charge >= 0.3 is 0 Å². The van der Waals surface area contributed by atoms with Crippen LogP contribution in [0.4, 0.5) is 0 Å². The van der Waals surface area contributed by atoms with Crippen LogP contribution in [0.2, 0.25) is 0 Å². The van der Waals surface area contributed by atoms with Crippen LogP contribution >= 0.6 is 0 Å². The van der Waals surface area contributed by atoms with Crippen molar-refractivity contribution in [3.05, 3.63) is 0 Å². The van der Waals surface area contributed by atoms with Crippen molar-refractivity contribution in [2.24, 2.45) is 5.92 Å². The lowest BCUT2D eigenvalue weighted by Gasteiger charge is -2.35. The first-order valence-electron chi connectivity index (χ1n) is 8.12. The summed E-state index contributed by atoms with van der Waals surface area (Å²) in [6, 6.07) is 0.300. The Hall–Kier alpha value is -0.610. The highest BCUT2D eigenvalue weighted by Gasteiger charge is 2.30. The number of nitrogens with zero attached hydrogens (tertiary/aromatic N) is 2. The molecule has 0 aromatic rings. The molecule has 0 bridgehead atoms. The van der Waals surface area contributed by atoms with Crippen LogP contribution in [0.15, 0.2) is 0 Å². The zero-order valence-electron chi connectivity index (χ0n) is 13.5. The molecule has 1 amide bonds. The summed E-state index contributed by atoms with van der Waals surface area (Å²) in [6.07, 6.45) is 5.22. The Morgan fingerprint density at radius 1 is 1.25 bits per heavy atom. The van der Waals surface area contributed by atoms with Gasteiger partial charge in [0.2, 0.25) is 5.91 Å². The molecule has 4 nitrogen and oxygen atoms in total. The van der Waals surface area contributed by atoms with Gasteiger partial charge in [-0.15, -0.1) is 0 Å². The van der Waals surface area contributed by atoms with Gasteiger partial charge in [-0.2, -0.15) is 0 Å². The number of amides is 1. The number of piperidine rings is 1. The normalized spacial score (nSPS) is 29.1. The third-order valence-corrected chi connectivity index (χ3v) is 4.84. The molecule has 0 aromatic carbocycles. The highest BCUT2D eigenvalue weighted by Crippen LogP contribution is 2.24. The van der Waals surface area contributed by atoms with E-state index >= 15 is 0 Å². The van der Waals surface area contributed by atoms with Crippen molar-refractivity contribution in [3.8, 4) is 0 Å². The smallest absolute Gasteiger partial charge is 0.225 e. The molecule has 2 heterocycles. The predicted octanol–water partition coefficient (Wildman–Crippen LogP) is 2.13. The summed E-state index contributed by atoms with van der Waals surface area (Å²) in [5.41, 5.74) is 0. The van der Waals surface area contributed by atoms with Crippen LogP contribution < -0.4 is 0 Å². The maximum atomic E-state index is 12.3. The number of hydrogen-bond acceptors (Lipinski definition) is 3. The molecule has 0 N–H and O–H groups in total. The number of rotatable bonds is 4. The third kappa shape index (κ3) is 3.95. The summed E-state index contributed by atoms with van der Waals surface area (Å²) in [5.74, 6) is 0.549. The molecule has 2 saturated heterocycles. The quantitative estimate of drug-likeness (QED) is 0.792. The first-order chi connectivity index (χ1) is 9.47. The number of carbonyl (C=O) groups is 1. The molecule has 0 aliphatic carbocycles. The second-order valence-corrected chi connectivity index (χ2v) is 6.76. The van der Waals surface area contributed by atoms with Crippen LogP contribution in [0.25, 0.3) is 0 Å². The fraction of sp³-hybridized carbons (Fsp3) is 0.938. The molecule has 0 saturated carbocycles. The molecule has 20 heavy (non-hydrogen) atoms. The van der Waals surface area contributed by atoms with Gasteiger partial charge in [0.1, 0.15) is 0 Å². The molecular weight excluding hydrogens is 252 g/mol. The molecule has 2 aliphatic heterocycles. The Balaban J connectivity index is 1.73. The fourth-order valence-corrected chi connectivity index (χ4v) is 3.21. The summed E-state index contributed by atoms with van der Waals surface area (Å²) >= 11 is 0. The van der Waals surface area contributed by atoms with Crippen molar-refractivity contribution in [2.45, 2.75) is 64.7 Å². The average Bonchev–Trinajstić information content (AvgIpc) is 2.83. The maximum Gasteiger partial charge on any atom is 0.225 e. The molecule has 2 aliphatic rings. The Labute approximate surface area is 123 Å². The van der Waals surface area contributed by atoms with Gasteiger partial charge < -0.3 is 14.5 Å². The van der Waals surface area contributed by atoms with Crippen molar-refractivity contribution in [1.29, 1.82) is 0 Å². The lowest BCUT2D eigenvalue weighted by Crippen LogP contribution is -2.45. The minimum Gasteiger partial charge on any atom is -0.374 e. The molecule has 0 radical (unpaired) electrons. The molecule has 2 rings (SSSR count). The average molecular weight is 282 g/mol. The summed E-state index contributed by atoms with van der Waals surface area (Å²) in [4.78, 5) is 16.7. The van der Waals surface area contributed by atoms with Crippen LogP contribution in [-0.2, 0) is 9.53 Å². The third-order valence-electron chi connectivity index (χ3n) is 4.84. The van der Waals surface area contributed by atoms with E-state index in [-0.39, 0.29) is 5.92 Å². The summed E-state index contributed by atoms with van der Waals surface area (Å²) in [5, 5.41) is 0. The topological polar surface area (TPSA) is 32.8 Å². The van der Waals surface area contributed by atoms with E-state index in [1.54, 1.807) is 0 Å². The Bertz CT molecular complexity index is 324. The summed E-state index contributed by atoms with van der Waals surface area (Å²) in [6.45, 7) is 9.43. The van der Waals surface area contributed by atoms with Gasteiger partial charge in [-0.25, -0.2) is 0 Å². The van der Waals surface area contributed by atoms with E-state index in [0.29, 0.717) is 24.2 Å². The first kappa shape index (κ1) is 15.8. The lowest BCUT2D eigenvalue weighted by atomic mass is 9.94. The second-order valence-electron chi connectivity index (χ2n) is 6.76. The molecule has 2 fully saturated rings. The van der Waals surface area contributed by atoms with Crippen LogP contribution in [0.5, 0.6) is 0 Å². The number of hydrogen-bond donors (Lipinski definition) is 0. The monoisotopic (exact) mass is 282 g/mol. The minimum absolute atomic E-state index is 0.224. The number of ether oxygens (including phenoxy) is 1. The van der Waals surface area contributed by atoms with Gasteiger partial charge in [0.05, 0.1) is 12.2 Å². The zero-order chi connectivity index (χ0) is 14.7. The zero-order valence-corrected chi connectivity index (χ0v) is 13.5. The Morgan fingerprint density at radius 3 is 2.40 bits per heavy atom. The van der Waals surface area contributed by atoms with Crippen LogP contribution in [0.1, 0.15) is 46.5 Å². The van der Waals surface area contributed by atoms with Gasteiger partial charge in [-0.05, 0) is 59.5 Å². The van der Waals surface area contributed by atoms with Crippen molar-refractivity contribution in [2.75, 3.05) is 26.7 Å². The van der Waals surface area contributed by atoms with E-state index in [0.717, 1.165) is 32.5 Å². The highest BCUT2D eigenvalue weighted by molar-refractivity contribution is 5.78. The van der Waals surface area contributed by atoms with Gasteiger partial charge in [0.25, 0.3) is 0 Å². The van der Waals surface area contributed by atoms with Gasteiger partial charge in [-0.1, -0.05) is 0 Å².